The highest BCUT2D eigenvalue weighted by atomic mass is 16.7. The van der Waals surface area contributed by atoms with Crippen molar-refractivity contribution in [3.8, 4) is 0 Å². The highest BCUT2D eigenvalue weighted by Gasteiger charge is 2.33. The van der Waals surface area contributed by atoms with Gasteiger partial charge in [-0.05, 0) is 36.4 Å². The van der Waals surface area contributed by atoms with E-state index in [-0.39, 0.29) is 19.3 Å². The van der Waals surface area contributed by atoms with Crippen LogP contribution in [-0.4, -0.2) is 46.2 Å². The summed E-state index contributed by atoms with van der Waals surface area (Å²) in [5, 5.41) is 0.596. The van der Waals surface area contributed by atoms with Crippen molar-refractivity contribution in [2.24, 2.45) is 0 Å². The van der Waals surface area contributed by atoms with Crippen LogP contribution in [0.1, 0.15) is 31.4 Å². The molecule has 24 heavy (non-hydrogen) atoms. The number of nitrogens with zero attached hydrogens (tertiary/aromatic N) is 3. The van der Waals surface area contributed by atoms with Crippen LogP contribution in [0, 0.1) is 0 Å². The van der Waals surface area contributed by atoms with Gasteiger partial charge in [0.05, 0.1) is 6.42 Å². The number of aromatic nitrogens is 1. The number of hydrogen-bond donors (Lipinski definition) is 0. The zero-order chi connectivity index (χ0) is 16.7. The molecule has 1 aromatic heterocycles. The summed E-state index contributed by atoms with van der Waals surface area (Å²) in [4.78, 5) is 42.1. The Balaban J connectivity index is 1.47. The van der Waals surface area contributed by atoms with E-state index in [2.05, 4.69) is 10.9 Å². The largest absolute Gasteiger partial charge is 0.396 e. The van der Waals surface area contributed by atoms with Gasteiger partial charge in [0.2, 0.25) is 0 Å². The molecule has 1 saturated heterocycles. The standard InChI is InChI=1S/C16H15BN3O4/c21-14-6-7-15(22)20(14)24-16(23)8-5-11-12-3-1-9-18(12)17-19-10-2-4-13(11)19/h1-4,9H,5-8,10H2. The zero-order valence-corrected chi connectivity index (χ0v) is 13.0. The van der Waals surface area contributed by atoms with E-state index in [1.807, 2.05) is 36.4 Å². The van der Waals surface area contributed by atoms with Gasteiger partial charge in [-0.1, -0.05) is 6.08 Å². The fourth-order valence-corrected chi connectivity index (χ4v) is 3.18. The molecule has 1 fully saturated rings. The minimum Gasteiger partial charge on any atom is -0.395 e. The van der Waals surface area contributed by atoms with Gasteiger partial charge in [-0.25, -0.2) is 4.79 Å². The number of carbonyl (C=O) groups excluding carboxylic acids is 3. The van der Waals surface area contributed by atoms with E-state index < -0.39 is 17.8 Å². The van der Waals surface area contributed by atoms with Crippen molar-refractivity contribution < 1.29 is 19.2 Å². The van der Waals surface area contributed by atoms with E-state index >= 15 is 0 Å². The molecule has 8 heteroatoms. The predicted octanol–water partition coefficient (Wildman–Crippen LogP) is 0.854. The normalized spacial score (nSPS) is 18.8. The lowest BCUT2D eigenvalue weighted by Gasteiger charge is -2.29. The summed E-state index contributed by atoms with van der Waals surface area (Å²) in [7, 11) is 2.02. The van der Waals surface area contributed by atoms with Crippen molar-refractivity contribution in [1.29, 1.82) is 0 Å². The smallest absolute Gasteiger partial charge is 0.395 e. The topological polar surface area (TPSA) is 71.8 Å². The van der Waals surface area contributed by atoms with E-state index in [0.717, 1.165) is 23.5 Å². The molecule has 0 aliphatic carbocycles. The number of carbonyl (C=O) groups is 3. The molecule has 2 amide bonds. The van der Waals surface area contributed by atoms with Crippen molar-refractivity contribution in [1.82, 2.24) is 14.4 Å². The maximum absolute atomic E-state index is 12.0. The monoisotopic (exact) mass is 324 g/mol. The molecule has 3 aliphatic heterocycles. The number of rotatable bonds is 4. The number of hydrogen-bond acceptors (Lipinski definition) is 5. The Morgan fingerprint density at radius 3 is 2.83 bits per heavy atom. The fourth-order valence-electron chi connectivity index (χ4n) is 3.18. The van der Waals surface area contributed by atoms with Crippen LogP contribution in [0.5, 0.6) is 0 Å². The molecule has 7 nitrogen and oxygen atoms in total. The van der Waals surface area contributed by atoms with E-state index in [4.69, 9.17) is 4.84 Å². The Morgan fingerprint density at radius 1 is 1.25 bits per heavy atom. The van der Waals surface area contributed by atoms with Crippen LogP contribution >= 0.6 is 0 Å². The number of allylic oxidation sites excluding steroid dienone is 2. The number of imide groups is 1. The molecule has 0 atom stereocenters. The van der Waals surface area contributed by atoms with Gasteiger partial charge >= 0.3 is 13.5 Å². The van der Waals surface area contributed by atoms with E-state index in [0.29, 0.717) is 11.5 Å². The van der Waals surface area contributed by atoms with E-state index in [9.17, 15) is 14.4 Å². The summed E-state index contributed by atoms with van der Waals surface area (Å²) in [5.41, 5.74) is 3.16. The molecule has 4 heterocycles. The Labute approximate surface area is 139 Å². The third kappa shape index (κ3) is 2.44. The summed E-state index contributed by atoms with van der Waals surface area (Å²) < 4.78 is 2.02. The first-order chi connectivity index (χ1) is 11.6. The van der Waals surface area contributed by atoms with Gasteiger partial charge in [-0.2, -0.15) is 0 Å². The Bertz CT molecular complexity index is 779. The van der Waals surface area contributed by atoms with Gasteiger partial charge in [0.1, 0.15) is 0 Å². The van der Waals surface area contributed by atoms with Crippen LogP contribution < -0.4 is 0 Å². The average molecular weight is 324 g/mol. The summed E-state index contributed by atoms with van der Waals surface area (Å²) in [6, 6.07) is 3.96. The molecule has 1 radical (unpaired) electrons. The number of fused-ring (bicyclic) bond motifs is 2. The minimum atomic E-state index is -0.576. The molecular weight excluding hydrogens is 309 g/mol. The van der Waals surface area contributed by atoms with Crippen molar-refractivity contribution in [2.45, 2.75) is 25.7 Å². The lowest BCUT2D eigenvalue weighted by molar-refractivity contribution is -0.197. The third-order valence-electron chi connectivity index (χ3n) is 4.33. The Hall–Kier alpha value is -2.77. The van der Waals surface area contributed by atoms with Crippen molar-refractivity contribution >= 4 is 30.9 Å². The van der Waals surface area contributed by atoms with Gasteiger partial charge in [0, 0.05) is 30.8 Å². The van der Waals surface area contributed by atoms with E-state index in [1.165, 1.54) is 0 Å². The number of amides is 2. The summed E-state index contributed by atoms with van der Waals surface area (Å²) in [6.07, 6.45) is 6.85. The second-order valence-electron chi connectivity index (χ2n) is 5.88. The molecule has 0 unspecified atom stereocenters. The van der Waals surface area contributed by atoms with Gasteiger partial charge in [-0.3, -0.25) is 9.59 Å². The molecule has 3 aliphatic rings. The molecule has 4 rings (SSSR count). The SMILES string of the molecule is O=C(CCC1=C2C=CCN2[B]n2cccc21)ON1C(=O)CCC1=O. The molecule has 121 valence electrons. The van der Waals surface area contributed by atoms with E-state index in [1.54, 1.807) is 0 Å². The molecule has 0 spiro atoms. The molecule has 0 aromatic carbocycles. The average Bonchev–Trinajstić information content (AvgIpc) is 3.27. The predicted molar refractivity (Wildman–Crippen MR) is 84.8 cm³/mol. The van der Waals surface area contributed by atoms with Crippen LogP contribution in [0.15, 0.2) is 36.2 Å². The number of hydroxylamine groups is 2. The molecule has 0 N–H and O–H groups in total. The highest BCUT2D eigenvalue weighted by molar-refractivity contribution is 6.33. The first kappa shape index (κ1) is 14.8. The second kappa shape index (κ2) is 5.70. The first-order valence-electron chi connectivity index (χ1n) is 7.88. The quantitative estimate of drug-likeness (QED) is 0.607. The Kier molecular flexibility index (Phi) is 3.52. The second-order valence-corrected chi connectivity index (χ2v) is 5.88. The molecule has 1 aromatic rings. The van der Waals surface area contributed by atoms with Gasteiger partial charge < -0.3 is 14.1 Å². The molecular formula is C16H15BN3O4. The van der Waals surface area contributed by atoms with Crippen LogP contribution in [0.25, 0.3) is 5.57 Å². The van der Waals surface area contributed by atoms with Crippen molar-refractivity contribution in [3.63, 3.8) is 0 Å². The third-order valence-corrected chi connectivity index (χ3v) is 4.33. The lowest BCUT2D eigenvalue weighted by Crippen LogP contribution is -2.34. The van der Waals surface area contributed by atoms with Gasteiger partial charge in [0.25, 0.3) is 11.8 Å². The molecule has 0 bridgehead atoms. The molecule has 0 saturated carbocycles. The van der Waals surface area contributed by atoms with Crippen LogP contribution in [0.3, 0.4) is 0 Å². The highest BCUT2D eigenvalue weighted by Crippen LogP contribution is 2.32. The van der Waals surface area contributed by atoms with Crippen molar-refractivity contribution in [3.05, 3.63) is 41.9 Å². The Morgan fingerprint density at radius 2 is 2.04 bits per heavy atom. The zero-order valence-electron chi connectivity index (χ0n) is 13.0. The van der Waals surface area contributed by atoms with Crippen LogP contribution in [0.2, 0.25) is 0 Å². The summed E-state index contributed by atoms with van der Waals surface area (Å²) in [5.74, 6) is -1.49. The summed E-state index contributed by atoms with van der Waals surface area (Å²) >= 11 is 0. The van der Waals surface area contributed by atoms with Crippen molar-refractivity contribution in [2.75, 3.05) is 6.54 Å². The lowest BCUT2D eigenvalue weighted by atomic mass is 9.94. The minimum absolute atomic E-state index is 0.1000. The maximum Gasteiger partial charge on any atom is 0.396 e. The summed E-state index contributed by atoms with van der Waals surface area (Å²) in [6.45, 7) is 0.803. The first-order valence-corrected chi connectivity index (χ1v) is 7.88. The van der Waals surface area contributed by atoms with Gasteiger partial charge in [0.15, 0.2) is 0 Å². The van der Waals surface area contributed by atoms with Crippen LogP contribution in [-0.2, 0) is 19.2 Å². The van der Waals surface area contributed by atoms with Crippen LogP contribution in [0.4, 0.5) is 0 Å². The van der Waals surface area contributed by atoms with Gasteiger partial charge in [-0.15, -0.1) is 5.06 Å². The fraction of sp³-hybridized carbons (Fsp3) is 0.312. The maximum atomic E-state index is 12.0.